The lowest BCUT2D eigenvalue weighted by Crippen LogP contribution is -2.49. The topological polar surface area (TPSA) is 29.1 Å². The van der Waals surface area contributed by atoms with E-state index in [9.17, 15) is 4.79 Å². The number of carbonyl (C=O) groups excluding carboxylic acids is 1. The lowest BCUT2D eigenvalue weighted by molar-refractivity contribution is -0.129. The molecule has 1 fully saturated rings. The number of nitrogens with one attached hydrogen (secondary N) is 1. The molecule has 2 rings (SSSR count). The highest BCUT2D eigenvalue weighted by molar-refractivity contribution is 5.89. The molecule has 1 aromatic carbocycles. The van der Waals surface area contributed by atoms with Gasteiger partial charge in [0, 0.05) is 6.54 Å². The predicted molar refractivity (Wildman–Crippen MR) is 69.9 cm³/mol. The second-order valence-electron chi connectivity index (χ2n) is 4.80. The summed E-state index contributed by atoms with van der Waals surface area (Å²) in [4.78, 5) is 12.3. The van der Waals surface area contributed by atoms with Gasteiger partial charge in [0.2, 0.25) is 5.91 Å². The predicted octanol–water partition coefficient (Wildman–Crippen LogP) is 2.72. The van der Waals surface area contributed by atoms with Crippen molar-refractivity contribution in [2.75, 3.05) is 6.54 Å². The molecular formula is C15H19NO. The summed E-state index contributed by atoms with van der Waals surface area (Å²) in [5, 5.41) is 2.94. The minimum Gasteiger partial charge on any atom is -0.352 e. The molecule has 90 valence electrons. The van der Waals surface area contributed by atoms with Gasteiger partial charge in [-0.05, 0) is 25.3 Å². The Morgan fingerprint density at radius 1 is 1.53 bits per heavy atom. The van der Waals surface area contributed by atoms with Crippen LogP contribution < -0.4 is 5.32 Å². The molecule has 0 bridgehead atoms. The van der Waals surface area contributed by atoms with Gasteiger partial charge in [-0.15, -0.1) is 6.58 Å². The Hall–Kier alpha value is -1.57. The maximum Gasteiger partial charge on any atom is 0.230 e. The van der Waals surface area contributed by atoms with Crippen molar-refractivity contribution in [2.45, 2.75) is 31.6 Å². The first-order valence-corrected chi connectivity index (χ1v) is 6.15. The highest BCUT2D eigenvalue weighted by atomic mass is 16.2. The SMILES string of the molecule is C=CCNC(=O)C1(c2cccc(C)c2)CCC1. The van der Waals surface area contributed by atoms with Crippen molar-refractivity contribution in [2.24, 2.45) is 0 Å². The molecule has 0 atom stereocenters. The van der Waals surface area contributed by atoms with E-state index in [2.05, 4.69) is 37.0 Å². The standard InChI is InChI=1S/C15H19NO/c1-3-10-16-14(17)15(8-5-9-15)13-7-4-6-12(2)11-13/h3-4,6-7,11H,1,5,8-10H2,2H3,(H,16,17). The van der Waals surface area contributed by atoms with Gasteiger partial charge in [-0.3, -0.25) is 4.79 Å². The Kier molecular flexibility index (Phi) is 3.32. The molecule has 1 saturated carbocycles. The maximum absolute atomic E-state index is 12.3. The second kappa shape index (κ2) is 4.74. The van der Waals surface area contributed by atoms with Crippen LogP contribution in [0.4, 0.5) is 0 Å². The third-order valence-electron chi connectivity index (χ3n) is 3.62. The first-order valence-electron chi connectivity index (χ1n) is 6.15. The van der Waals surface area contributed by atoms with E-state index in [0.717, 1.165) is 24.8 Å². The minimum atomic E-state index is -0.283. The van der Waals surface area contributed by atoms with E-state index >= 15 is 0 Å². The van der Waals surface area contributed by atoms with Gasteiger partial charge in [-0.1, -0.05) is 42.3 Å². The normalized spacial score (nSPS) is 17.0. The molecule has 17 heavy (non-hydrogen) atoms. The maximum atomic E-state index is 12.3. The Morgan fingerprint density at radius 3 is 2.82 bits per heavy atom. The van der Waals surface area contributed by atoms with Gasteiger partial charge in [0.05, 0.1) is 5.41 Å². The van der Waals surface area contributed by atoms with Crippen molar-refractivity contribution < 1.29 is 4.79 Å². The molecule has 1 aliphatic carbocycles. The summed E-state index contributed by atoms with van der Waals surface area (Å²) >= 11 is 0. The third kappa shape index (κ3) is 2.12. The van der Waals surface area contributed by atoms with Gasteiger partial charge in [-0.2, -0.15) is 0 Å². The minimum absolute atomic E-state index is 0.147. The Bertz CT molecular complexity index is 432. The Morgan fingerprint density at radius 2 is 2.29 bits per heavy atom. The fourth-order valence-electron chi connectivity index (χ4n) is 2.45. The number of aryl methyl sites for hydroxylation is 1. The van der Waals surface area contributed by atoms with Crippen LogP contribution in [0.3, 0.4) is 0 Å². The number of amides is 1. The van der Waals surface area contributed by atoms with Crippen LogP contribution in [0.15, 0.2) is 36.9 Å². The van der Waals surface area contributed by atoms with Crippen LogP contribution in [-0.4, -0.2) is 12.5 Å². The van der Waals surface area contributed by atoms with Crippen molar-refractivity contribution in [3.63, 3.8) is 0 Å². The van der Waals surface area contributed by atoms with Gasteiger partial charge in [0.1, 0.15) is 0 Å². The van der Waals surface area contributed by atoms with Crippen LogP contribution in [0.1, 0.15) is 30.4 Å². The number of hydrogen-bond donors (Lipinski definition) is 1. The lowest BCUT2D eigenvalue weighted by Gasteiger charge is -2.40. The molecule has 0 heterocycles. The van der Waals surface area contributed by atoms with E-state index in [1.807, 2.05) is 6.07 Å². The van der Waals surface area contributed by atoms with Crippen LogP contribution in [0.25, 0.3) is 0 Å². The molecule has 0 saturated heterocycles. The van der Waals surface area contributed by atoms with E-state index in [4.69, 9.17) is 0 Å². The van der Waals surface area contributed by atoms with Crippen LogP contribution >= 0.6 is 0 Å². The first-order chi connectivity index (χ1) is 8.19. The molecule has 0 unspecified atom stereocenters. The summed E-state index contributed by atoms with van der Waals surface area (Å²) in [5.41, 5.74) is 2.09. The molecule has 0 aliphatic heterocycles. The molecule has 1 N–H and O–H groups in total. The summed E-state index contributed by atoms with van der Waals surface area (Å²) in [5.74, 6) is 0.147. The zero-order valence-corrected chi connectivity index (χ0v) is 10.3. The summed E-state index contributed by atoms with van der Waals surface area (Å²) < 4.78 is 0. The zero-order valence-electron chi connectivity index (χ0n) is 10.3. The second-order valence-corrected chi connectivity index (χ2v) is 4.80. The molecule has 1 amide bonds. The van der Waals surface area contributed by atoms with Gasteiger partial charge >= 0.3 is 0 Å². The Balaban J connectivity index is 2.25. The smallest absolute Gasteiger partial charge is 0.230 e. The molecule has 0 aromatic heterocycles. The van der Waals surface area contributed by atoms with Crippen molar-refractivity contribution >= 4 is 5.91 Å². The first kappa shape index (κ1) is 11.9. The van der Waals surface area contributed by atoms with Crippen LogP contribution in [0, 0.1) is 6.92 Å². The van der Waals surface area contributed by atoms with Gasteiger partial charge in [-0.25, -0.2) is 0 Å². The molecule has 1 aliphatic rings. The van der Waals surface area contributed by atoms with Crippen LogP contribution in [-0.2, 0) is 10.2 Å². The number of benzene rings is 1. The number of hydrogen-bond acceptors (Lipinski definition) is 1. The van der Waals surface area contributed by atoms with Crippen molar-refractivity contribution in [3.05, 3.63) is 48.0 Å². The highest BCUT2D eigenvalue weighted by Gasteiger charge is 2.45. The monoisotopic (exact) mass is 229 g/mol. The van der Waals surface area contributed by atoms with Crippen LogP contribution in [0.2, 0.25) is 0 Å². The van der Waals surface area contributed by atoms with Gasteiger partial charge in [0.15, 0.2) is 0 Å². The van der Waals surface area contributed by atoms with Gasteiger partial charge in [0.25, 0.3) is 0 Å². The fraction of sp³-hybridized carbons (Fsp3) is 0.400. The number of rotatable bonds is 4. The molecule has 0 spiro atoms. The summed E-state index contributed by atoms with van der Waals surface area (Å²) in [6.45, 7) is 6.25. The van der Waals surface area contributed by atoms with Crippen molar-refractivity contribution in [1.29, 1.82) is 0 Å². The lowest BCUT2D eigenvalue weighted by atomic mass is 9.63. The summed E-state index contributed by atoms with van der Waals surface area (Å²) in [6, 6.07) is 8.30. The summed E-state index contributed by atoms with van der Waals surface area (Å²) in [7, 11) is 0. The Labute approximate surface area is 103 Å². The molecule has 0 radical (unpaired) electrons. The third-order valence-corrected chi connectivity index (χ3v) is 3.62. The average molecular weight is 229 g/mol. The van der Waals surface area contributed by atoms with E-state index in [1.165, 1.54) is 5.56 Å². The highest BCUT2D eigenvalue weighted by Crippen LogP contribution is 2.44. The molecular weight excluding hydrogens is 210 g/mol. The zero-order chi connectivity index (χ0) is 12.3. The van der Waals surface area contributed by atoms with Crippen molar-refractivity contribution in [1.82, 2.24) is 5.32 Å². The van der Waals surface area contributed by atoms with Crippen LogP contribution in [0.5, 0.6) is 0 Å². The fourth-order valence-corrected chi connectivity index (χ4v) is 2.45. The average Bonchev–Trinajstić information content (AvgIpc) is 2.25. The van der Waals surface area contributed by atoms with E-state index in [1.54, 1.807) is 6.08 Å². The molecule has 1 aromatic rings. The van der Waals surface area contributed by atoms with E-state index < -0.39 is 0 Å². The summed E-state index contributed by atoms with van der Waals surface area (Å²) in [6.07, 6.45) is 4.77. The molecule has 2 heteroatoms. The quantitative estimate of drug-likeness (QED) is 0.790. The molecule has 2 nitrogen and oxygen atoms in total. The largest absolute Gasteiger partial charge is 0.352 e. The van der Waals surface area contributed by atoms with Gasteiger partial charge < -0.3 is 5.32 Å². The van der Waals surface area contributed by atoms with E-state index in [-0.39, 0.29) is 11.3 Å². The van der Waals surface area contributed by atoms with Crippen molar-refractivity contribution in [3.8, 4) is 0 Å². The van der Waals surface area contributed by atoms with E-state index in [0.29, 0.717) is 6.54 Å². The number of carbonyl (C=O) groups is 1.